The average Bonchev–Trinajstić information content (AvgIpc) is 3.60. The van der Waals surface area contributed by atoms with E-state index in [1.54, 1.807) is 28.4 Å². The highest BCUT2D eigenvalue weighted by atomic mass is 35.5. The van der Waals surface area contributed by atoms with E-state index >= 15 is 0 Å². The summed E-state index contributed by atoms with van der Waals surface area (Å²) in [5, 5.41) is 18.8. The van der Waals surface area contributed by atoms with Crippen LogP contribution in [0.5, 0.6) is 0 Å². The van der Waals surface area contributed by atoms with Crippen molar-refractivity contribution < 1.29 is 14.2 Å². The van der Waals surface area contributed by atoms with Crippen LogP contribution in [0.4, 0.5) is 5.00 Å². The molecule has 0 aliphatic carbocycles. The van der Waals surface area contributed by atoms with E-state index in [0.29, 0.717) is 45.2 Å². The summed E-state index contributed by atoms with van der Waals surface area (Å²) in [6.45, 7) is 1.15. The number of rotatable bonds is 5. The summed E-state index contributed by atoms with van der Waals surface area (Å²) in [6, 6.07) is 9.99. The Morgan fingerprint density at radius 1 is 1.12 bits per heavy atom. The number of hydrogen-bond acceptors (Lipinski definition) is 8. The minimum Gasteiger partial charge on any atom is -0.354 e. The molecule has 1 saturated heterocycles. The summed E-state index contributed by atoms with van der Waals surface area (Å²) in [5.41, 5.74) is 2.15. The standard InChI is InChI=1S/C22H16Cl2N4O4S2/c23-14-2-1-13(9-15(14)24)16-10-18(32-26-16)17-11-33-21(25-17)12-5-7-27(8-6-12)22(29)19-3-4-20(34-19)28(30)31/h1-4,9-12H,5-8H2. The summed E-state index contributed by atoms with van der Waals surface area (Å²) in [5.74, 6) is 0.640. The molecule has 0 saturated carbocycles. The maximum atomic E-state index is 12.7. The lowest BCUT2D eigenvalue weighted by Crippen LogP contribution is -2.37. The Morgan fingerprint density at radius 2 is 1.91 bits per heavy atom. The molecule has 3 aromatic heterocycles. The number of halogens is 2. The van der Waals surface area contributed by atoms with Crippen LogP contribution in [-0.4, -0.2) is 39.0 Å². The molecule has 5 rings (SSSR count). The first-order valence-electron chi connectivity index (χ1n) is 10.3. The van der Waals surface area contributed by atoms with Crippen molar-refractivity contribution >= 4 is 56.8 Å². The van der Waals surface area contributed by atoms with E-state index in [1.165, 1.54) is 12.1 Å². The number of thiazole rings is 1. The van der Waals surface area contributed by atoms with Gasteiger partial charge in [0, 0.05) is 42.1 Å². The van der Waals surface area contributed by atoms with E-state index < -0.39 is 4.92 Å². The highest BCUT2D eigenvalue weighted by Gasteiger charge is 2.28. The van der Waals surface area contributed by atoms with Gasteiger partial charge in [-0.1, -0.05) is 45.8 Å². The second kappa shape index (κ2) is 9.46. The Morgan fingerprint density at radius 3 is 2.62 bits per heavy atom. The second-order valence-electron chi connectivity index (χ2n) is 7.74. The third-order valence-electron chi connectivity index (χ3n) is 5.61. The largest absolute Gasteiger partial charge is 0.354 e. The van der Waals surface area contributed by atoms with Crippen molar-refractivity contribution in [3.63, 3.8) is 0 Å². The number of benzene rings is 1. The number of aromatic nitrogens is 2. The highest BCUT2D eigenvalue weighted by Crippen LogP contribution is 2.35. The minimum atomic E-state index is -0.476. The van der Waals surface area contributed by atoms with Crippen LogP contribution in [0.15, 0.2) is 46.3 Å². The quantitative estimate of drug-likeness (QED) is 0.207. The number of likely N-dealkylation sites (tertiary alicyclic amines) is 1. The number of carbonyl (C=O) groups excluding carboxylic acids is 1. The van der Waals surface area contributed by atoms with Crippen molar-refractivity contribution in [3.8, 4) is 22.7 Å². The lowest BCUT2D eigenvalue weighted by Gasteiger charge is -2.30. The van der Waals surface area contributed by atoms with Gasteiger partial charge in [0.25, 0.3) is 5.91 Å². The lowest BCUT2D eigenvalue weighted by molar-refractivity contribution is -0.380. The van der Waals surface area contributed by atoms with E-state index in [0.717, 1.165) is 34.7 Å². The first kappa shape index (κ1) is 23.0. The van der Waals surface area contributed by atoms with Gasteiger partial charge in [-0.2, -0.15) is 0 Å². The Kier molecular flexibility index (Phi) is 6.39. The monoisotopic (exact) mass is 534 g/mol. The molecule has 0 atom stereocenters. The SMILES string of the molecule is O=C(c1ccc([N+](=O)[O-])s1)N1CCC(c2nc(-c3cc(-c4ccc(Cl)c(Cl)c4)no3)cs2)CC1. The summed E-state index contributed by atoms with van der Waals surface area (Å²) in [6.07, 6.45) is 1.55. The van der Waals surface area contributed by atoms with Crippen LogP contribution in [0.3, 0.4) is 0 Å². The third-order valence-corrected chi connectivity index (χ3v) is 8.39. The van der Waals surface area contributed by atoms with Crippen LogP contribution in [0.2, 0.25) is 10.0 Å². The predicted molar refractivity (Wildman–Crippen MR) is 132 cm³/mol. The van der Waals surface area contributed by atoms with Crippen LogP contribution >= 0.6 is 45.9 Å². The van der Waals surface area contributed by atoms with Gasteiger partial charge in [-0.3, -0.25) is 14.9 Å². The topological polar surface area (TPSA) is 102 Å². The fourth-order valence-corrected chi connectivity index (χ4v) is 5.87. The van der Waals surface area contributed by atoms with Gasteiger partial charge in [0.2, 0.25) is 0 Å². The van der Waals surface area contributed by atoms with Gasteiger partial charge in [0.05, 0.1) is 24.9 Å². The van der Waals surface area contributed by atoms with Gasteiger partial charge in [0.15, 0.2) is 5.76 Å². The number of nitrogens with zero attached hydrogens (tertiary/aromatic N) is 4. The van der Waals surface area contributed by atoms with Gasteiger partial charge in [-0.05, 0) is 31.0 Å². The number of hydrogen-bond donors (Lipinski definition) is 0. The molecule has 0 unspecified atom stereocenters. The summed E-state index contributed by atoms with van der Waals surface area (Å²) in [7, 11) is 0. The molecule has 174 valence electrons. The summed E-state index contributed by atoms with van der Waals surface area (Å²) in [4.78, 5) is 30.0. The molecule has 0 bridgehead atoms. The zero-order valence-corrected chi connectivity index (χ0v) is 20.6. The molecule has 8 nitrogen and oxygen atoms in total. The molecule has 1 aliphatic rings. The maximum Gasteiger partial charge on any atom is 0.324 e. The van der Waals surface area contributed by atoms with Crippen LogP contribution in [0.1, 0.15) is 33.4 Å². The number of nitro groups is 1. The van der Waals surface area contributed by atoms with Gasteiger partial charge < -0.3 is 9.42 Å². The van der Waals surface area contributed by atoms with Crippen molar-refractivity contribution in [1.82, 2.24) is 15.0 Å². The highest BCUT2D eigenvalue weighted by molar-refractivity contribution is 7.17. The Hall–Kier alpha value is -2.79. The van der Waals surface area contributed by atoms with Gasteiger partial charge >= 0.3 is 5.00 Å². The number of amides is 1. The third kappa shape index (κ3) is 4.58. The minimum absolute atomic E-state index is 0.0247. The molecule has 0 spiro atoms. The Balaban J connectivity index is 1.23. The first-order valence-corrected chi connectivity index (χ1v) is 12.8. The number of thiophene rings is 1. The van der Waals surface area contributed by atoms with E-state index in [1.807, 2.05) is 17.5 Å². The van der Waals surface area contributed by atoms with Gasteiger partial charge in [0.1, 0.15) is 11.4 Å². The molecule has 1 fully saturated rings. The van der Waals surface area contributed by atoms with Crippen molar-refractivity contribution in [2.24, 2.45) is 0 Å². The fourth-order valence-electron chi connectivity index (χ4n) is 3.80. The molecule has 0 N–H and O–H groups in total. The Labute approximate surface area is 211 Å². The molecule has 12 heteroatoms. The van der Waals surface area contributed by atoms with E-state index in [4.69, 9.17) is 32.7 Å². The molecule has 0 radical (unpaired) electrons. The molecule has 34 heavy (non-hydrogen) atoms. The lowest BCUT2D eigenvalue weighted by atomic mass is 9.97. The van der Waals surface area contributed by atoms with Gasteiger partial charge in [-0.15, -0.1) is 11.3 Å². The number of piperidine rings is 1. The first-order chi connectivity index (χ1) is 16.4. The van der Waals surface area contributed by atoms with Crippen LogP contribution in [-0.2, 0) is 0 Å². The van der Waals surface area contributed by atoms with Crippen LogP contribution in [0.25, 0.3) is 22.7 Å². The van der Waals surface area contributed by atoms with Crippen molar-refractivity contribution in [2.45, 2.75) is 18.8 Å². The predicted octanol–water partition coefficient (Wildman–Crippen LogP) is 6.76. The summed E-state index contributed by atoms with van der Waals surface area (Å²) >= 11 is 14.6. The normalized spacial score (nSPS) is 14.5. The molecule has 1 aliphatic heterocycles. The molecule has 4 aromatic rings. The van der Waals surface area contributed by atoms with E-state index in [9.17, 15) is 14.9 Å². The number of carbonyl (C=O) groups is 1. The Bertz CT molecular complexity index is 1370. The van der Waals surface area contributed by atoms with Crippen LogP contribution in [0, 0.1) is 10.1 Å². The molecule has 1 aromatic carbocycles. The van der Waals surface area contributed by atoms with E-state index in [-0.39, 0.29) is 16.8 Å². The molecular formula is C22H16Cl2N4O4S2. The fraction of sp³-hybridized carbons (Fsp3) is 0.227. The molecular weight excluding hydrogens is 519 g/mol. The summed E-state index contributed by atoms with van der Waals surface area (Å²) < 4.78 is 5.51. The van der Waals surface area contributed by atoms with Crippen molar-refractivity contribution in [1.29, 1.82) is 0 Å². The second-order valence-corrected chi connectivity index (χ2v) is 10.5. The zero-order chi connectivity index (χ0) is 23.8. The maximum absolute atomic E-state index is 12.7. The van der Waals surface area contributed by atoms with Crippen molar-refractivity contribution in [2.75, 3.05) is 13.1 Å². The van der Waals surface area contributed by atoms with Gasteiger partial charge in [-0.25, -0.2) is 4.98 Å². The van der Waals surface area contributed by atoms with E-state index in [2.05, 4.69) is 5.16 Å². The average molecular weight is 535 g/mol. The zero-order valence-electron chi connectivity index (χ0n) is 17.4. The molecule has 4 heterocycles. The van der Waals surface area contributed by atoms with Crippen LogP contribution < -0.4 is 0 Å². The van der Waals surface area contributed by atoms with Crippen molar-refractivity contribution in [3.05, 3.63) is 71.8 Å². The smallest absolute Gasteiger partial charge is 0.324 e. The molecule has 1 amide bonds.